The SMILES string of the molecule is Brc1ccc(-c2nnc(COc3ccc4ccccc4c3Br)o2)o1. The number of fused-ring (bicyclic) bond motifs is 1. The van der Waals surface area contributed by atoms with Crippen molar-refractivity contribution in [2.45, 2.75) is 6.61 Å². The van der Waals surface area contributed by atoms with Crippen molar-refractivity contribution in [1.82, 2.24) is 10.2 Å². The number of rotatable bonds is 4. The lowest BCUT2D eigenvalue weighted by Crippen LogP contribution is -1.96. The smallest absolute Gasteiger partial charge is 0.283 e. The highest BCUT2D eigenvalue weighted by Gasteiger charge is 2.13. The van der Waals surface area contributed by atoms with Gasteiger partial charge in [0.15, 0.2) is 17.0 Å². The van der Waals surface area contributed by atoms with Crippen LogP contribution in [0.5, 0.6) is 5.75 Å². The van der Waals surface area contributed by atoms with Crippen LogP contribution >= 0.6 is 31.9 Å². The molecule has 0 bridgehead atoms. The number of hydrogen-bond acceptors (Lipinski definition) is 5. The molecule has 0 atom stereocenters. The Morgan fingerprint density at radius 1 is 0.917 bits per heavy atom. The first kappa shape index (κ1) is 15.4. The summed E-state index contributed by atoms with van der Waals surface area (Å²) in [6.07, 6.45) is 0. The zero-order valence-electron chi connectivity index (χ0n) is 12.2. The molecule has 24 heavy (non-hydrogen) atoms. The molecule has 5 nitrogen and oxygen atoms in total. The van der Waals surface area contributed by atoms with Crippen molar-refractivity contribution in [1.29, 1.82) is 0 Å². The Kier molecular flexibility index (Phi) is 4.12. The van der Waals surface area contributed by atoms with Gasteiger partial charge in [0.1, 0.15) is 5.75 Å². The van der Waals surface area contributed by atoms with Gasteiger partial charge in [-0.3, -0.25) is 0 Å². The van der Waals surface area contributed by atoms with Crippen LogP contribution in [0.15, 0.2) is 66.5 Å². The van der Waals surface area contributed by atoms with Gasteiger partial charge in [-0.1, -0.05) is 30.3 Å². The fourth-order valence-electron chi connectivity index (χ4n) is 2.31. The predicted molar refractivity (Wildman–Crippen MR) is 95.7 cm³/mol. The first-order valence-corrected chi connectivity index (χ1v) is 8.67. The molecule has 0 saturated heterocycles. The van der Waals surface area contributed by atoms with Gasteiger partial charge in [0, 0.05) is 0 Å². The molecule has 0 aliphatic rings. The highest BCUT2D eigenvalue weighted by Crippen LogP contribution is 2.33. The minimum absolute atomic E-state index is 0.172. The maximum absolute atomic E-state index is 5.80. The molecule has 0 spiro atoms. The quantitative estimate of drug-likeness (QED) is 0.406. The first-order valence-electron chi connectivity index (χ1n) is 7.09. The van der Waals surface area contributed by atoms with Crippen molar-refractivity contribution in [3.05, 3.63) is 63.6 Å². The molecule has 7 heteroatoms. The van der Waals surface area contributed by atoms with Gasteiger partial charge >= 0.3 is 0 Å². The number of aromatic nitrogens is 2. The fraction of sp³-hybridized carbons (Fsp3) is 0.0588. The molecule has 2 aromatic carbocycles. The van der Waals surface area contributed by atoms with Crippen LogP contribution in [0.2, 0.25) is 0 Å². The molecule has 0 fully saturated rings. The van der Waals surface area contributed by atoms with Crippen molar-refractivity contribution in [2.75, 3.05) is 0 Å². The minimum Gasteiger partial charge on any atom is -0.483 e. The van der Waals surface area contributed by atoms with E-state index >= 15 is 0 Å². The van der Waals surface area contributed by atoms with Crippen molar-refractivity contribution in [2.24, 2.45) is 0 Å². The summed E-state index contributed by atoms with van der Waals surface area (Å²) in [5.41, 5.74) is 0. The van der Waals surface area contributed by atoms with Gasteiger partial charge in [0.25, 0.3) is 11.8 Å². The van der Waals surface area contributed by atoms with Gasteiger partial charge < -0.3 is 13.6 Å². The lowest BCUT2D eigenvalue weighted by Gasteiger charge is -2.08. The molecule has 120 valence electrons. The molecule has 4 rings (SSSR count). The van der Waals surface area contributed by atoms with E-state index in [9.17, 15) is 0 Å². The third-order valence-corrected chi connectivity index (χ3v) is 4.67. The monoisotopic (exact) mass is 448 g/mol. The molecule has 0 aliphatic heterocycles. The van der Waals surface area contributed by atoms with Crippen molar-refractivity contribution < 1.29 is 13.6 Å². The van der Waals surface area contributed by atoms with E-state index in [1.807, 2.05) is 30.3 Å². The lowest BCUT2D eigenvalue weighted by molar-refractivity contribution is 0.262. The molecule has 0 unspecified atom stereocenters. The standard InChI is InChI=1S/C17H10Br2N2O3/c18-14-8-7-13(23-14)17-21-20-15(24-17)9-22-12-6-5-10-3-1-2-4-11(10)16(12)19/h1-8H,9H2. The van der Waals surface area contributed by atoms with E-state index in [1.54, 1.807) is 12.1 Å². The Labute approximate surface area is 153 Å². The number of furan rings is 1. The van der Waals surface area contributed by atoms with Crippen molar-refractivity contribution >= 4 is 42.6 Å². The van der Waals surface area contributed by atoms with Crippen LogP contribution in [-0.2, 0) is 6.61 Å². The van der Waals surface area contributed by atoms with Gasteiger partial charge in [0.2, 0.25) is 0 Å². The number of benzene rings is 2. The van der Waals surface area contributed by atoms with E-state index in [2.05, 4.69) is 48.1 Å². The average Bonchev–Trinajstić information content (AvgIpc) is 3.23. The van der Waals surface area contributed by atoms with Crippen LogP contribution in [0.1, 0.15) is 5.89 Å². The highest BCUT2D eigenvalue weighted by molar-refractivity contribution is 9.11. The summed E-state index contributed by atoms with van der Waals surface area (Å²) in [5, 5.41) is 10.2. The zero-order valence-corrected chi connectivity index (χ0v) is 15.4. The second kappa shape index (κ2) is 6.41. The topological polar surface area (TPSA) is 61.3 Å². The van der Waals surface area contributed by atoms with Crippen LogP contribution in [0.3, 0.4) is 0 Å². The summed E-state index contributed by atoms with van der Waals surface area (Å²) in [5.74, 6) is 1.91. The Balaban J connectivity index is 1.53. The molecule has 4 aromatic rings. The number of nitrogens with zero attached hydrogens (tertiary/aromatic N) is 2. The number of ether oxygens (including phenoxy) is 1. The lowest BCUT2D eigenvalue weighted by atomic mass is 10.1. The minimum atomic E-state index is 0.172. The van der Waals surface area contributed by atoms with Crippen LogP contribution in [0.25, 0.3) is 22.4 Å². The van der Waals surface area contributed by atoms with E-state index in [-0.39, 0.29) is 6.61 Å². The summed E-state index contributed by atoms with van der Waals surface area (Å²) < 4.78 is 18.2. The van der Waals surface area contributed by atoms with Crippen molar-refractivity contribution in [3.63, 3.8) is 0 Å². The van der Waals surface area contributed by atoms with Gasteiger partial charge in [-0.2, -0.15) is 0 Å². The van der Waals surface area contributed by atoms with E-state index in [0.717, 1.165) is 15.2 Å². The molecule has 0 amide bonds. The molecule has 0 N–H and O–H groups in total. The Morgan fingerprint density at radius 2 is 1.79 bits per heavy atom. The summed E-state index contributed by atoms with van der Waals surface area (Å²) in [7, 11) is 0. The maximum atomic E-state index is 5.80. The summed E-state index contributed by atoms with van der Waals surface area (Å²) in [6, 6.07) is 15.5. The molecule has 0 saturated carbocycles. The fourth-order valence-corrected chi connectivity index (χ4v) is 3.22. The van der Waals surface area contributed by atoms with Gasteiger partial charge in [-0.15, -0.1) is 10.2 Å². The highest BCUT2D eigenvalue weighted by atomic mass is 79.9. The Bertz CT molecular complexity index is 1010. The molecule has 0 aliphatic carbocycles. The predicted octanol–water partition coefficient (Wildman–Crippen LogP) is 5.59. The van der Waals surface area contributed by atoms with Gasteiger partial charge in [-0.05, 0) is 60.8 Å². The Hall–Kier alpha value is -2.12. The van der Waals surface area contributed by atoms with E-state index < -0.39 is 0 Å². The van der Waals surface area contributed by atoms with E-state index in [0.29, 0.717) is 28.0 Å². The van der Waals surface area contributed by atoms with Crippen molar-refractivity contribution in [3.8, 4) is 17.4 Å². The van der Waals surface area contributed by atoms with Crippen LogP contribution in [0.4, 0.5) is 0 Å². The molecular weight excluding hydrogens is 440 g/mol. The van der Waals surface area contributed by atoms with Crippen LogP contribution in [0, 0.1) is 0 Å². The molecule has 2 heterocycles. The first-order chi connectivity index (χ1) is 11.7. The third-order valence-electron chi connectivity index (χ3n) is 3.43. The van der Waals surface area contributed by atoms with E-state index in [1.165, 1.54) is 0 Å². The molecular formula is C17H10Br2N2O3. The van der Waals surface area contributed by atoms with Crippen LogP contribution < -0.4 is 4.74 Å². The Morgan fingerprint density at radius 3 is 2.62 bits per heavy atom. The molecule has 2 aromatic heterocycles. The van der Waals surface area contributed by atoms with Gasteiger partial charge in [-0.25, -0.2) is 0 Å². The maximum Gasteiger partial charge on any atom is 0.283 e. The van der Waals surface area contributed by atoms with Crippen LogP contribution in [-0.4, -0.2) is 10.2 Å². The average molecular weight is 450 g/mol. The summed E-state index contributed by atoms with van der Waals surface area (Å²) in [4.78, 5) is 0. The largest absolute Gasteiger partial charge is 0.483 e. The second-order valence-corrected chi connectivity index (χ2v) is 6.57. The number of halogens is 2. The van der Waals surface area contributed by atoms with E-state index in [4.69, 9.17) is 13.6 Å². The normalized spacial score (nSPS) is 11.1. The van der Waals surface area contributed by atoms with Gasteiger partial charge in [0.05, 0.1) is 4.47 Å². The third kappa shape index (κ3) is 2.97. The number of hydrogen-bond donors (Lipinski definition) is 0. The molecule has 0 radical (unpaired) electrons. The summed E-state index contributed by atoms with van der Waals surface area (Å²) >= 11 is 6.83. The zero-order chi connectivity index (χ0) is 16.5. The second-order valence-electron chi connectivity index (χ2n) is 4.99. The summed E-state index contributed by atoms with van der Waals surface area (Å²) in [6.45, 7) is 0.172.